The summed E-state index contributed by atoms with van der Waals surface area (Å²) in [6.45, 7) is 4.00. The number of carbonyl (C=O) groups is 2. The highest BCUT2D eigenvalue weighted by atomic mass is 19.1. The minimum Gasteiger partial charge on any atom is -0.483 e. The summed E-state index contributed by atoms with van der Waals surface area (Å²) in [5, 5.41) is 0. The van der Waals surface area contributed by atoms with Crippen molar-refractivity contribution in [3.63, 3.8) is 0 Å². The predicted octanol–water partition coefficient (Wildman–Crippen LogP) is 4.28. The van der Waals surface area contributed by atoms with Crippen LogP contribution in [-0.2, 0) is 14.3 Å². The zero-order chi connectivity index (χ0) is 21.0. The van der Waals surface area contributed by atoms with Crippen LogP contribution in [0.3, 0.4) is 0 Å². The van der Waals surface area contributed by atoms with Gasteiger partial charge in [0.1, 0.15) is 17.7 Å². The number of halogens is 1. The van der Waals surface area contributed by atoms with E-state index in [2.05, 4.69) is 11.9 Å². The summed E-state index contributed by atoms with van der Waals surface area (Å²) in [6, 6.07) is 10.7. The number of ketones is 1. The van der Waals surface area contributed by atoms with E-state index in [0.717, 1.165) is 25.0 Å². The molecule has 5 nitrogen and oxygen atoms in total. The number of carbonyl (C=O) groups excluding carboxylic acids is 2. The van der Waals surface area contributed by atoms with Crippen molar-refractivity contribution in [1.82, 2.24) is 4.98 Å². The van der Waals surface area contributed by atoms with Crippen molar-refractivity contribution in [2.75, 3.05) is 4.90 Å². The van der Waals surface area contributed by atoms with Crippen molar-refractivity contribution in [2.24, 2.45) is 11.8 Å². The molecule has 4 atom stereocenters. The number of rotatable bonds is 2. The Bertz CT molecular complexity index is 1060. The van der Waals surface area contributed by atoms with Gasteiger partial charge in [0.05, 0.1) is 17.5 Å². The molecule has 1 amide bonds. The maximum Gasteiger partial charge on any atom is 0.295 e. The van der Waals surface area contributed by atoms with Crippen LogP contribution in [0.4, 0.5) is 10.2 Å². The van der Waals surface area contributed by atoms with Crippen molar-refractivity contribution in [1.29, 1.82) is 0 Å². The van der Waals surface area contributed by atoms with Crippen molar-refractivity contribution in [3.05, 3.63) is 70.9 Å². The summed E-state index contributed by atoms with van der Waals surface area (Å²) in [5.41, 5.74) is 1.81. The van der Waals surface area contributed by atoms with E-state index in [-0.39, 0.29) is 35.3 Å². The molecule has 0 radical (unpaired) electrons. The summed E-state index contributed by atoms with van der Waals surface area (Å²) in [5.74, 6) is 0.0359. The Morgan fingerprint density at radius 3 is 2.60 bits per heavy atom. The van der Waals surface area contributed by atoms with Gasteiger partial charge < -0.3 is 4.74 Å². The lowest BCUT2D eigenvalue weighted by atomic mass is 9.74. The van der Waals surface area contributed by atoms with Crippen LogP contribution in [0.15, 0.2) is 53.8 Å². The van der Waals surface area contributed by atoms with Crippen LogP contribution < -0.4 is 4.90 Å². The van der Waals surface area contributed by atoms with Gasteiger partial charge in [-0.3, -0.25) is 14.5 Å². The van der Waals surface area contributed by atoms with Crippen molar-refractivity contribution in [2.45, 2.75) is 45.3 Å². The second-order valence-corrected chi connectivity index (χ2v) is 8.55. The third kappa shape index (κ3) is 2.93. The highest BCUT2D eigenvalue weighted by Gasteiger charge is 2.53. The monoisotopic (exact) mass is 406 g/mol. The molecule has 0 spiro atoms. The molecule has 2 aromatic rings. The number of nitrogens with zero attached hydrogens (tertiary/aromatic N) is 2. The molecule has 2 aliphatic heterocycles. The van der Waals surface area contributed by atoms with Crippen LogP contribution in [0, 0.1) is 24.6 Å². The van der Waals surface area contributed by atoms with Crippen LogP contribution in [0.2, 0.25) is 0 Å². The fourth-order valence-electron chi connectivity index (χ4n) is 4.94. The van der Waals surface area contributed by atoms with Gasteiger partial charge in [-0.15, -0.1) is 0 Å². The number of ether oxygens (including phenoxy) is 1. The summed E-state index contributed by atoms with van der Waals surface area (Å²) in [6.07, 6.45) is 2.25. The van der Waals surface area contributed by atoms with Crippen molar-refractivity contribution >= 4 is 17.5 Å². The van der Waals surface area contributed by atoms with Crippen LogP contribution in [-0.4, -0.2) is 22.8 Å². The van der Waals surface area contributed by atoms with Crippen LogP contribution in [0.1, 0.15) is 43.5 Å². The van der Waals surface area contributed by atoms with Crippen LogP contribution in [0.5, 0.6) is 0 Å². The molecular weight excluding hydrogens is 383 g/mol. The first-order chi connectivity index (χ1) is 14.4. The van der Waals surface area contributed by atoms with Gasteiger partial charge in [0.2, 0.25) is 0 Å². The molecule has 1 aromatic carbocycles. The quantitative estimate of drug-likeness (QED) is 0.747. The van der Waals surface area contributed by atoms with E-state index >= 15 is 0 Å². The van der Waals surface area contributed by atoms with Crippen molar-refractivity contribution < 1.29 is 18.7 Å². The number of anilines is 1. The van der Waals surface area contributed by atoms with E-state index in [9.17, 15) is 14.0 Å². The summed E-state index contributed by atoms with van der Waals surface area (Å²) in [4.78, 5) is 33.1. The number of fused-ring (bicyclic) bond motifs is 1. The van der Waals surface area contributed by atoms with Gasteiger partial charge in [0.25, 0.3) is 5.91 Å². The average molecular weight is 406 g/mol. The fraction of sp³-hybridized carbons (Fsp3) is 0.375. The minimum absolute atomic E-state index is 0.0226. The minimum atomic E-state index is -0.673. The van der Waals surface area contributed by atoms with Gasteiger partial charge >= 0.3 is 0 Å². The van der Waals surface area contributed by atoms with Gasteiger partial charge in [-0.1, -0.05) is 25.1 Å². The Morgan fingerprint density at radius 2 is 1.87 bits per heavy atom. The number of hydrogen-bond donors (Lipinski definition) is 0. The van der Waals surface area contributed by atoms with Crippen LogP contribution >= 0.6 is 0 Å². The third-order valence-corrected chi connectivity index (χ3v) is 6.42. The van der Waals surface area contributed by atoms with Crippen LogP contribution in [0.25, 0.3) is 0 Å². The second kappa shape index (κ2) is 7.04. The number of benzene rings is 1. The van der Waals surface area contributed by atoms with E-state index in [1.165, 1.54) is 17.0 Å². The molecule has 1 fully saturated rings. The zero-order valence-electron chi connectivity index (χ0n) is 17.0. The highest BCUT2D eigenvalue weighted by Crippen LogP contribution is 2.48. The molecule has 0 bridgehead atoms. The van der Waals surface area contributed by atoms with E-state index in [4.69, 9.17) is 4.74 Å². The number of Topliss-reactive ketones (excluding diaryl/α,β-unsaturated/α-hetero) is 1. The van der Waals surface area contributed by atoms with Gasteiger partial charge in [0.15, 0.2) is 11.5 Å². The number of hydrogen-bond acceptors (Lipinski definition) is 4. The highest BCUT2D eigenvalue weighted by molar-refractivity contribution is 6.17. The topological polar surface area (TPSA) is 59.5 Å². The second-order valence-electron chi connectivity index (χ2n) is 8.55. The standard InChI is InChI=1S/C24H23FN2O3/c1-13-6-11-18-17(12-13)22(28)20-21(15-7-9-16(25)10-8-15)27(24(29)23(20)30-18)19-5-3-4-14(2)26-19/h3-5,7-10,13,17-18,21H,6,11-12H2,1-2H3. The normalized spacial score (nSPS) is 28.3. The van der Waals surface area contributed by atoms with Gasteiger partial charge in [0, 0.05) is 5.69 Å². The van der Waals surface area contributed by atoms with E-state index in [1.54, 1.807) is 18.2 Å². The molecule has 5 rings (SSSR count). The third-order valence-electron chi connectivity index (χ3n) is 6.42. The molecule has 4 unspecified atom stereocenters. The first-order valence-electron chi connectivity index (χ1n) is 10.4. The van der Waals surface area contributed by atoms with Gasteiger partial charge in [-0.25, -0.2) is 9.37 Å². The molecule has 3 aliphatic rings. The van der Waals surface area contributed by atoms with Gasteiger partial charge in [-0.05, 0) is 61.9 Å². The summed E-state index contributed by atoms with van der Waals surface area (Å²) >= 11 is 0. The fourth-order valence-corrected chi connectivity index (χ4v) is 4.94. The predicted molar refractivity (Wildman–Crippen MR) is 109 cm³/mol. The molecule has 1 aliphatic carbocycles. The Balaban J connectivity index is 1.65. The maximum atomic E-state index is 13.6. The lowest BCUT2D eigenvalue weighted by Crippen LogP contribution is -2.41. The molecule has 0 N–H and O–H groups in total. The zero-order valence-corrected chi connectivity index (χ0v) is 17.0. The molecule has 0 saturated heterocycles. The lowest BCUT2D eigenvalue weighted by molar-refractivity contribution is -0.132. The lowest BCUT2D eigenvalue weighted by Gasteiger charge is -2.37. The Kier molecular flexibility index (Phi) is 4.45. The summed E-state index contributed by atoms with van der Waals surface area (Å²) in [7, 11) is 0. The van der Waals surface area contributed by atoms with Crippen molar-refractivity contribution in [3.8, 4) is 0 Å². The largest absolute Gasteiger partial charge is 0.483 e. The Morgan fingerprint density at radius 1 is 1.10 bits per heavy atom. The smallest absolute Gasteiger partial charge is 0.295 e. The average Bonchev–Trinajstić information content (AvgIpc) is 3.02. The number of aromatic nitrogens is 1. The SMILES string of the molecule is Cc1cccc(N2C(=O)C3=C(C(=O)C4CC(C)CCC4O3)C2c2ccc(F)cc2)n1. The number of aryl methyl sites for hydroxylation is 1. The molecule has 6 heteroatoms. The van der Waals surface area contributed by atoms with Gasteiger partial charge in [-0.2, -0.15) is 0 Å². The van der Waals surface area contributed by atoms with E-state index in [1.807, 2.05) is 19.1 Å². The Hall–Kier alpha value is -3.02. The number of amides is 1. The molecular formula is C24H23FN2O3. The maximum absolute atomic E-state index is 13.6. The summed E-state index contributed by atoms with van der Waals surface area (Å²) < 4.78 is 19.8. The first kappa shape index (κ1) is 19.0. The molecule has 1 saturated carbocycles. The molecule has 30 heavy (non-hydrogen) atoms. The first-order valence-corrected chi connectivity index (χ1v) is 10.4. The molecule has 1 aromatic heterocycles. The molecule has 154 valence electrons. The van der Waals surface area contributed by atoms with E-state index in [0.29, 0.717) is 22.9 Å². The van der Waals surface area contributed by atoms with E-state index < -0.39 is 6.04 Å². The molecule has 3 heterocycles. The number of pyridine rings is 1. The Labute approximate surface area is 174 Å².